The third-order valence-corrected chi connectivity index (χ3v) is 11.1. The number of carbonyl (C=O) groups excluding carboxylic acids is 5. The van der Waals surface area contributed by atoms with Gasteiger partial charge in [0.25, 0.3) is 15.9 Å². The van der Waals surface area contributed by atoms with Gasteiger partial charge in [0, 0.05) is 6.54 Å². The smallest absolute Gasteiger partial charge is 0.316 e. The highest BCUT2D eigenvalue weighted by Crippen LogP contribution is 2.65. The van der Waals surface area contributed by atoms with Crippen LogP contribution in [0.4, 0.5) is 4.79 Å². The normalized spacial score (nSPS) is 24.3. The summed E-state index contributed by atoms with van der Waals surface area (Å²) in [5, 5.41) is 18.4. The molecule has 2 aliphatic carbocycles. The Hall–Kier alpha value is -3.72. The summed E-state index contributed by atoms with van der Waals surface area (Å²) < 4.78 is 27.5. The van der Waals surface area contributed by atoms with Gasteiger partial charge in [0.2, 0.25) is 17.7 Å². The number of carbonyl (C=O) groups is 5. The van der Waals surface area contributed by atoms with Crippen LogP contribution in [0.1, 0.15) is 61.3 Å². The number of urea groups is 1. The fourth-order valence-corrected chi connectivity index (χ4v) is 7.69. The predicted octanol–water partition coefficient (Wildman–Crippen LogP) is 0.454. The van der Waals surface area contributed by atoms with E-state index in [4.69, 9.17) is 5.73 Å². The summed E-state index contributed by atoms with van der Waals surface area (Å²) in [4.78, 5) is 67.6. The second kappa shape index (κ2) is 13.1. The van der Waals surface area contributed by atoms with Gasteiger partial charge in [0.1, 0.15) is 18.1 Å². The second-order valence-corrected chi connectivity index (χ2v) is 16.7. The van der Waals surface area contributed by atoms with E-state index in [-0.39, 0.29) is 34.6 Å². The predicted molar refractivity (Wildman–Crippen MR) is 171 cm³/mol. The number of fused-ring (bicyclic) bond motifs is 1. The number of hydrogen-bond donors (Lipinski definition) is 6. The van der Waals surface area contributed by atoms with Gasteiger partial charge in [0.15, 0.2) is 6.10 Å². The van der Waals surface area contributed by atoms with Crippen LogP contribution in [0.5, 0.6) is 0 Å². The molecule has 0 spiro atoms. The van der Waals surface area contributed by atoms with Crippen molar-refractivity contribution in [3.05, 3.63) is 30.3 Å². The van der Waals surface area contributed by atoms with Crippen molar-refractivity contribution in [2.45, 2.75) is 96.5 Å². The van der Waals surface area contributed by atoms with Crippen molar-refractivity contribution in [2.24, 2.45) is 40.2 Å². The first-order valence-corrected chi connectivity index (χ1v) is 17.4. The first-order chi connectivity index (χ1) is 21.7. The lowest BCUT2D eigenvalue weighted by atomic mass is 9.85. The first kappa shape index (κ1) is 36.1. The highest BCUT2D eigenvalue weighted by molar-refractivity contribution is 7.90. The Bertz CT molecular complexity index is 1500. The summed E-state index contributed by atoms with van der Waals surface area (Å²) in [7, 11) is -4.20. The number of hydrogen-bond acceptors (Lipinski definition) is 8. The van der Waals surface area contributed by atoms with E-state index in [1.54, 1.807) is 40.7 Å². The van der Waals surface area contributed by atoms with Crippen molar-refractivity contribution < 1.29 is 37.5 Å². The Labute approximate surface area is 276 Å². The number of nitrogens with zero attached hydrogens (tertiary/aromatic N) is 1. The molecule has 3 aliphatic rings. The number of benzene rings is 1. The lowest BCUT2D eigenvalue weighted by Gasteiger charge is -2.38. The summed E-state index contributed by atoms with van der Waals surface area (Å²) in [6.45, 7) is 12.8. The molecule has 6 amide bonds. The molecule has 47 heavy (non-hydrogen) atoms. The Balaban J connectivity index is 1.51. The van der Waals surface area contributed by atoms with Crippen molar-refractivity contribution in [3.8, 4) is 0 Å². The third kappa shape index (κ3) is 7.72. The van der Waals surface area contributed by atoms with Gasteiger partial charge in [-0.1, -0.05) is 66.7 Å². The van der Waals surface area contributed by atoms with Crippen molar-refractivity contribution in [1.82, 2.24) is 25.6 Å². The standard InChI is InChI=1S/C32H48N6O8S/c1-16(2)21(27(41)37-47(45,46)18-11-9-8-10-12-18)35-30(44)36-25(31(3,4)5)29(43)38-15-19-20(32(19,6)7)23(38)28(42)34-22(17-13-14-17)24(39)26(33)40/h8-12,16-17,19-25,39H,13-15H2,1-7H3,(H2,33,40)(H,34,42)(H,37,41)(H2,35,36,44)/t19-,20-,21-,22?,23-,24?,25+/m0/s1. The van der Waals surface area contributed by atoms with Gasteiger partial charge in [-0.2, -0.15) is 0 Å². The van der Waals surface area contributed by atoms with Gasteiger partial charge in [-0.15, -0.1) is 0 Å². The van der Waals surface area contributed by atoms with E-state index in [2.05, 4.69) is 16.0 Å². The molecule has 7 N–H and O–H groups in total. The van der Waals surface area contributed by atoms with E-state index in [9.17, 15) is 37.5 Å². The summed E-state index contributed by atoms with van der Waals surface area (Å²) >= 11 is 0. The van der Waals surface area contributed by atoms with Crippen molar-refractivity contribution in [2.75, 3.05) is 6.54 Å². The lowest BCUT2D eigenvalue weighted by Crippen LogP contribution is -2.63. The number of nitrogens with two attached hydrogens (primary N) is 1. The number of sulfonamides is 1. The Morgan fingerprint density at radius 2 is 1.60 bits per heavy atom. The topological polar surface area (TPSA) is 217 Å². The van der Waals surface area contributed by atoms with Gasteiger partial charge < -0.3 is 31.7 Å². The SMILES string of the molecule is CC(C)[C@H](NC(=O)N[C@H](C(=O)N1C[C@H]2[C@@H]([C@H]1C(=O)NC(C1CC1)C(O)C(N)=O)C2(C)C)C(C)(C)C)C(=O)NS(=O)(=O)c1ccccc1. The molecule has 1 aromatic rings. The summed E-state index contributed by atoms with van der Waals surface area (Å²) in [6.07, 6.45) is -0.126. The molecule has 4 rings (SSSR count). The van der Waals surface area contributed by atoms with Gasteiger partial charge in [-0.3, -0.25) is 19.2 Å². The number of aliphatic hydroxyl groups excluding tert-OH is 1. The molecule has 7 atom stereocenters. The maximum Gasteiger partial charge on any atom is 0.316 e. The van der Waals surface area contributed by atoms with E-state index >= 15 is 0 Å². The zero-order valence-corrected chi connectivity index (χ0v) is 28.8. The largest absolute Gasteiger partial charge is 0.381 e. The number of piperidine rings is 1. The maximum atomic E-state index is 14.2. The molecule has 2 unspecified atom stereocenters. The molecular weight excluding hydrogens is 628 g/mol. The zero-order chi connectivity index (χ0) is 35.2. The number of aliphatic hydroxyl groups is 1. The molecule has 1 aliphatic heterocycles. The minimum absolute atomic E-state index is 0.0256. The van der Waals surface area contributed by atoms with Crippen molar-refractivity contribution >= 4 is 39.7 Å². The number of amides is 6. The fraction of sp³-hybridized carbons (Fsp3) is 0.656. The van der Waals surface area contributed by atoms with Crippen LogP contribution >= 0.6 is 0 Å². The van der Waals surface area contributed by atoms with E-state index in [1.165, 1.54) is 29.2 Å². The van der Waals surface area contributed by atoms with Crippen LogP contribution in [-0.2, 0) is 29.2 Å². The molecule has 3 fully saturated rings. The van der Waals surface area contributed by atoms with Gasteiger partial charge in [0.05, 0.1) is 10.9 Å². The van der Waals surface area contributed by atoms with E-state index in [0.717, 1.165) is 12.8 Å². The Morgan fingerprint density at radius 1 is 1.00 bits per heavy atom. The number of nitrogens with one attached hydrogen (secondary N) is 4. The van der Waals surface area contributed by atoms with E-state index < -0.39 is 81.3 Å². The minimum atomic E-state index is -4.20. The molecule has 14 nitrogen and oxygen atoms in total. The van der Waals surface area contributed by atoms with Crippen LogP contribution in [-0.4, -0.2) is 84.9 Å². The van der Waals surface area contributed by atoms with Crippen molar-refractivity contribution in [1.29, 1.82) is 0 Å². The van der Waals surface area contributed by atoms with E-state index in [0.29, 0.717) is 0 Å². The third-order valence-electron chi connectivity index (χ3n) is 9.74. The van der Waals surface area contributed by atoms with Crippen LogP contribution in [0, 0.1) is 34.5 Å². The fourth-order valence-electron chi connectivity index (χ4n) is 6.67. The maximum absolute atomic E-state index is 14.2. The Kier molecular flexibility index (Phi) is 10.0. The average molecular weight is 677 g/mol. The zero-order valence-electron chi connectivity index (χ0n) is 27.9. The summed E-state index contributed by atoms with van der Waals surface area (Å²) in [5.41, 5.74) is 4.27. The van der Waals surface area contributed by atoms with Crippen molar-refractivity contribution in [3.63, 3.8) is 0 Å². The molecular formula is C32H48N6O8S. The van der Waals surface area contributed by atoms with Gasteiger partial charge in [-0.25, -0.2) is 17.9 Å². The van der Waals surface area contributed by atoms with Gasteiger partial charge in [-0.05, 0) is 59.5 Å². The number of primary amides is 1. The lowest BCUT2D eigenvalue weighted by molar-refractivity contribution is -0.144. The van der Waals surface area contributed by atoms with Crippen LogP contribution < -0.4 is 26.4 Å². The van der Waals surface area contributed by atoms with Crippen LogP contribution in [0.3, 0.4) is 0 Å². The molecule has 0 radical (unpaired) electrons. The first-order valence-electron chi connectivity index (χ1n) is 16.0. The quantitative estimate of drug-likeness (QED) is 0.182. The molecule has 1 aromatic carbocycles. The molecule has 260 valence electrons. The van der Waals surface area contributed by atoms with Crippen LogP contribution in [0.25, 0.3) is 0 Å². The monoisotopic (exact) mass is 676 g/mol. The van der Waals surface area contributed by atoms with Crippen LogP contribution in [0.2, 0.25) is 0 Å². The average Bonchev–Trinajstić information content (AvgIpc) is 3.85. The highest BCUT2D eigenvalue weighted by Gasteiger charge is 2.70. The molecule has 15 heteroatoms. The molecule has 2 saturated carbocycles. The highest BCUT2D eigenvalue weighted by atomic mass is 32.2. The molecule has 0 bridgehead atoms. The molecule has 0 aromatic heterocycles. The summed E-state index contributed by atoms with van der Waals surface area (Å²) in [5.74, 6) is -3.67. The summed E-state index contributed by atoms with van der Waals surface area (Å²) in [6, 6.07) is 2.29. The number of likely N-dealkylation sites (tertiary alicyclic amines) is 1. The second-order valence-electron chi connectivity index (χ2n) is 15.0. The van der Waals surface area contributed by atoms with Gasteiger partial charge >= 0.3 is 6.03 Å². The van der Waals surface area contributed by atoms with Crippen LogP contribution in [0.15, 0.2) is 35.2 Å². The van der Waals surface area contributed by atoms with E-state index in [1.807, 2.05) is 18.6 Å². The Morgan fingerprint density at radius 3 is 2.11 bits per heavy atom. The number of rotatable bonds is 12. The minimum Gasteiger partial charge on any atom is -0.381 e. The molecule has 1 heterocycles. The molecule has 1 saturated heterocycles.